The molecule has 93 valence electrons. The highest BCUT2D eigenvalue weighted by molar-refractivity contribution is 6.79. The van der Waals surface area contributed by atoms with Crippen molar-refractivity contribution in [3.05, 3.63) is 41.9 Å². The smallest absolute Gasteiger partial charge is 0.220 e. The highest BCUT2D eigenvalue weighted by atomic mass is 28.3. The minimum Gasteiger partial charge on any atom is -0.350 e. The van der Waals surface area contributed by atoms with Crippen LogP contribution in [0.1, 0.15) is 24.9 Å². The quantitative estimate of drug-likeness (QED) is 0.796. The zero-order valence-corrected chi connectivity index (χ0v) is 12.2. The molecule has 0 aliphatic heterocycles. The number of hydrogen-bond donors (Lipinski definition) is 1. The molecule has 0 saturated heterocycles. The molecule has 0 saturated carbocycles. The van der Waals surface area contributed by atoms with Gasteiger partial charge in [-0.15, -0.1) is 0 Å². The fourth-order valence-electron chi connectivity index (χ4n) is 1.52. The maximum absolute atomic E-state index is 11.8. The summed E-state index contributed by atoms with van der Waals surface area (Å²) in [7, 11) is -1.24. The molecule has 0 spiro atoms. The minimum atomic E-state index is -1.24. The molecule has 17 heavy (non-hydrogen) atoms. The first-order valence-corrected chi connectivity index (χ1v) is 9.65. The van der Waals surface area contributed by atoms with Gasteiger partial charge in [-0.05, 0) is 18.5 Å². The van der Waals surface area contributed by atoms with E-state index in [0.29, 0.717) is 6.42 Å². The lowest BCUT2D eigenvalue weighted by Gasteiger charge is -2.17. The second-order valence-electron chi connectivity index (χ2n) is 5.47. The number of amides is 1. The van der Waals surface area contributed by atoms with Gasteiger partial charge >= 0.3 is 0 Å². The molecule has 1 aromatic carbocycles. The summed E-state index contributed by atoms with van der Waals surface area (Å²) in [5, 5.41) is 3.02. The Bertz CT molecular complexity index is 356. The molecule has 1 rings (SSSR count). The summed E-state index contributed by atoms with van der Waals surface area (Å²) in [6.07, 6.45) is 0.535. The summed E-state index contributed by atoms with van der Waals surface area (Å²) < 4.78 is 0. The van der Waals surface area contributed by atoms with Crippen LogP contribution in [0.4, 0.5) is 0 Å². The van der Waals surface area contributed by atoms with Crippen molar-refractivity contribution in [1.82, 2.24) is 5.32 Å². The van der Waals surface area contributed by atoms with Crippen molar-refractivity contribution in [2.24, 2.45) is 0 Å². The molecule has 0 heterocycles. The van der Waals surface area contributed by atoms with Gasteiger partial charge in [0.1, 0.15) is 0 Å². The third kappa shape index (κ3) is 5.68. The van der Waals surface area contributed by atoms with Crippen LogP contribution in [-0.2, 0) is 4.79 Å². The van der Waals surface area contributed by atoms with E-state index >= 15 is 0 Å². The Morgan fingerprint density at radius 2 is 1.88 bits per heavy atom. The zero-order chi connectivity index (χ0) is 12.9. The van der Waals surface area contributed by atoms with Crippen molar-refractivity contribution in [2.75, 3.05) is 0 Å². The number of carbonyl (C=O) groups is 1. The molecule has 1 radical (unpaired) electrons. The van der Waals surface area contributed by atoms with E-state index in [9.17, 15) is 4.79 Å². The number of rotatable bonds is 5. The third-order valence-corrected chi connectivity index (χ3v) is 4.01. The van der Waals surface area contributed by atoms with Crippen LogP contribution in [0.5, 0.6) is 0 Å². The molecule has 1 atom stereocenters. The molecule has 0 aromatic heterocycles. The predicted octanol–water partition coefficient (Wildman–Crippen LogP) is 3.34. The molecule has 1 unspecified atom stereocenters. The van der Waals surface area contributed by atoms with Gasteiger partial charge in [0.05, 0.1) is 6.04 Å². The van der Waals surface area contributed by atoms with E-state index in [4.69, 9.17) is 0 Å². The molecule has 1 N–H and O–H groups in total. The topological polar surface area (TPSA) is 29.1 Å². The van der Waals surface area contributed by atoms with Crippen LogP contribution in [0.2, 0.25) is 19.6 Å². The first kappa shape index (κ1) is 14.0. The van der Waals surface area contributed by atoms with Crippen molar-refractivity contribution in [3.63, 3.8) is 0 Å². The molecule has 1 aromatic rings. The van der Waals surface area contributed by atoms with E-state index in [-0.39, 0.29) is 11.9 Å². The van der Waals surface area contributed by atoms with Crippen LogP contribution in [0.15, 0.2) is 30.3 Å². The van der Waals surface area contributed by atoms with E-state index in [1.165, 1.54) is 0 Å². The maximum atomic E-state index is 11.8. The summed E-state index contributed by atoms with van der Waals surface area (Å²) in [5.41, 5.74) is 1.15. The molecule has 0 aliphatic rings. The first-order chi connectivity index (χ1) is 7.88. The zero-order valence-electron chi connectivity index (χ0n) is 11.2. The summed E-state index contributed by atoms with van der Waals surface area (Å²) in [5.74, 6) is 0.115. The average molecular weight is 248 g/mol. The second kappa shape index (κ2) is 6.01. The summed E-state index contributed by atoms with van der Waals surface area (Å²) >= 11 is 0. The van der Waals surface area contributed by atoms with Gasteiger partial charge in [-0.3, -0.25) is 4.79 Å². The van der Waals surface area contributed by atoms with Gasteiger partial charge in [-0.1, -0.05) is 50.0 Å². The molecule has 0 bridgehead atoms. The van der Waals surface area contributed by atoms with Gasteiger partial charge in [0.15, 0.2) is 0 Å². The Labute approximate surface area is 105 Å². The average Bonchev–Trinajstić information content (AvgIpc) is 2.27. The monoisotopic (exact) mass is 248 g/mol. The van der Waals surface area contributed by atoms with E-state index in [0.717, 1.165) is 5.56 Å². The number of carbonyl (C=O) groups excluding carboxylic acids is 1. The summed E-state index contributed by atoms with van der Waals surface area (Å²) in [6.45, 7) is 8.73. The Morgan fingerprint density at radius 3 is 2.41 bits per heavy atom. The van der Waals surface area contributed by atoms with Crippen LogP contribution in [0.3, 0.4) is 0 Å². The normalized spacial score (nSPS) is 13.2. The molecule has 2 nitrogen and oxygen atoms in total. The molecule has 0 fully saturated rings. The highest BCUT2D eigenvalue weighted by Gasteiger charge is 2.16. The Morgan fingerprint density at radius 1 is 1.29 bits per heavy atom. The van der Waals surface area contributed by atoms with Crippen LogP contribution in [0.25, 0.3) is 0 Å². The number of hydrogen-bond acceptors (Lipinski definition) is 1. The van der Waals surface area contributed by atoms with Crippen LogP contribution >= 0.6 is 0 Å². The van der Waals surface area contributed by atoms with Gasteiger partial charge in [0, 0.05) is 14.5 Å². The van der Waals surface area contributed by atoms with Crippen molar-refractivity contribution >= 4 is 14.0 Å². The Balaban J connectivity index is 2.42. The lowest BCUT2D eigenvalue weighted by Crippen LogP contribution is -2.30. The number of benzene rings is 1. The fraction of sp³-hybridized carbons (Fsp3) is 0.429. The SMILES string of the molecule is CC(NC(=O)C[CH][Si](C)(C)C)c1ccccc1. The van der Waals surface area contributed by atoms with Crippen LogP contribution < -0.4 is 5.32 Å². The van der Waals surface area contributed by atoms with E-state index in [1.54, 1.807) is 0 Å². The molecular weight excluding hydrogens is 226 g/mol. The summed E-state index contributed by atoms with van der Waals surface area (Å²) in [4.78, 5) is 11.8. The van der Waals surface area contributed by atoms with Gasteiger partial charge in [-0.2, -0.15) is 0 Å². The second-order valence-corrected chi connectivity index (χ2v) is 10.6. The minimum absolute atomic E-state index is 0.0822. The van der Waals surface area contributed by atoms with E-state index in [2.05, 4.69) is 31.0 Å². The Hall–Kier alpha value is -1.09. The molecular formula is C14H22NOSi. The van der Waals surface area contributed by atoms with Crippen LogP contribution in [0, 0.1) is 6.04 Å². The van der Waals surface area contributed by atoms with Crippen molar-refractivity contribution < 1.29 is 4.79 Å². The summed E-state index contributed by atoms with van der Waals surface area (Å²) in [6, 6.07) is 12.3. The lowest BCUT2D eigenvalue weighted by atomic mass is 10.1. The standard InChI is InChI=1S/C14H22NOSi/c1-12(13-8-6-5-7-9-13)15-14(16)10-11-17(2,3)4/h5-9,11-12H,10H2,1-4H3,(H,15,16). The van der Waals surface area contributed by atoms with Crippen molar-refractivity contribution in [3.8, 4) is 0 Å². The van der Waals surface area contributed by atoms with Crippen molar-refractivity contribution in [1.29, 1.82) is 0 Å². The lowest BCUT2D eigenvalue weighted by molar-refractivity contribution is -0.121. The fourth-order valence-corrected chi connectivity index (χ4v) is 2.32. The number of nitrogens with one attached hydrogen (secondary N) is 1. The highest BCUT2D eigenvalue weighted by Crippen LogP contribution is 2.12. The van der Waals surface area contributed by atoms with Gasteiger partial charge in [0.25, 0.3) is 0 Å². The molecule has 3 heteroatoms. The maximum Gasteiger partial charge on any atom is 0.220 e. The van der Waals surface area contributed by atoms with Crippen molar-refractivity contribution in [2.45, 2.75) is 39.0 Å². The van der Waals surface area contributed by atoms with E-state index in [1.807, 2.05) is 37.3 Å². The van der Waals surface area contributed by atoms with Crippen LogP contribution in [-0.4, -0.2) is 14.0 Å². The third-order valence-electron chi connectivity index (χ3n) is 2.58. The molecule has 1 amide bonds. The first-order valence-electron chi connectivity index (χ1n) is 6.07. The predicted molar refractivity (Wildman–Crippen MR) is 75.3 cm³/mol. The van der Waals surface area contributed by atoms with Gasteiger partial charge in [-0.25, -0.2) is 0 Å². The Kier molecular flexibility index (Phi) is 4.94. The largest absolute Gasteiger partial charge is 0.350 e. The van der Waals surface area contributed by atoms with Gasteiger partial charge < -0.3 is 5.32 Å². The molecule has 0 aliphatic carbocycles. The van der Waals surface area contributed by atoms with E-state index < -0.39 is 8.07 Å². The van der Waals surface area contributed by atoms with Gasteiger partial charge in [0.2, 0.25) is 5.91 Å².